The lowest BCUT2D eigenvalue weighted by Crippen LogP contribution is -2.30. The summed E-state index contributed by atoms with van der Waals surface area (Å²) in [6, 6.07) is 14.3. The predicted molar refractivity (Wildman–Crippen MR) is 114 cm³/mol. The van der Waals surface area contributed by atoms with Gasteiger partial charge in [-0.1, -0.05) is 24.3 Å². The molecule has 0 atom stereocenters. The number of nitrogens with one attached hydrogen (secondary N) is 3. The SMILES string of the molecule is O=C(Nc1nc(N2CCCCC2)n[nH]1)c1cccc(NS(=O)(=O)c2ccccc2)c1. The number of amides is 1. The van der Waals surface area contributed by atoms with Gasteiger partial charge < -0.3 is 4.90 Å². The highest BCUT2D eigenvalue weighted by atomic mass is 32.2. The first-order chi connectivity index (χ1) is 14.5. The molecule has 1 aliphatic heterocycles. The maximum atomic E-state index is 12.6. The normalized spacial score (nSPS) is 14.3. The van der Waals surface area contributed by atoms with E-state index in [1.165, 1.54) is 24.6 Å². The summed E-state index contributed by atoms with van der Waals surface area (Å²) >= 11 is 0. The van der Waals surface area contributed by atoms with Crippen molar-refractivity contribution >= 4 is 33.5 Å². The number of carbonyl (C=O) groups excluding carboxylic acids is 1. The topological polar surface area (TPSA) is 120 Å². The van der Waals surface area contributed by atoms with Crippen molar-refractivity contribution in [1.29, 1.82) is 0 Å². The van der Waals surface area contributed by atoms with E-state index in [1.807, 2.05) is 0 Å². The molecule has 2 aromatic carbocycles. The zero-order valence-corrected chi connectivity index (χ0v) is 17.0. The Morgan fingerprint density at radius 1 is 1.00 bits per heavy atom. The minimum absolute atomic E-state index is 0.145. The van der Waals surface area contributed by atoms with Crippen LogP contribution in [0.15, 0.2) is 59.5 Å². The standard InChI is InChI=1S/C20H22N6O3S/c27-18(21-19-22-20(24-23-19)26-12-5-2-6-13-26)15-8-7-9-16(14-15)25-30(28,29)17-10-3-1-4-11-17/h1,3-4,7-11,14,25H,2,5-6,12-13H2,(H2,21,22,23,24,27). The fourth-order valence-corrected chi connectivity index (χ4v) is 4.33. The number of anilines is 3. The van der Waals surface area contributed by atoms with Gasteiger partial charge >= 0.3 is 0 Å². The summed E-state index contributed by atoms with van der Waals surface area (Å²) in [6.45, 7) is 1.80. The Bertz CT molecular complexity index is 1120. The maximum absolute atomic E-state index is 12.6. The van der Waals surface area contributed by atoms with Crippen LogP contribution in [-0.4, -0.2) is 42.6 Å². The van der Waals surface area contributed by atoms with Gasteiger partial charge in [0, 0.05) is 24.3 Å². The molecule has 3 N–H and O–H groups in total. The van der Waals surface area contributed by atoms with Crippen LogP contribution in [0.1, 0.15) is 29.6 Å². The monoisotopic (exact) mass is 426 g/mol. The minimum atomic E-state index is -3.74. The van der Waals surface area contributed by atoms with E-state index in [4.69, 9.17) is 0 Å². The van der Waals surface area contributed by atoms with Crippen molar-refractivity contribution in [3.05, 3.63) is 60.2 Å². The Kier molecular flexibility index (Phi) is 5.66. The van der Waals surface area contributed by atoms with E-state index < -0.39 is 15.9 Å². The smallest absolute Gasteiger partial charge is 0.261 e. The molecule has 1 aliphatic rings. The van der Waals surface area contributed by atoms with E-state index in [9.17, 15) is 13.2 Å². The lowest BCUT2D eigenvalue weighted by Gasteiger charge is -2.24. The molecule has 0 saturated carbocycles. The van der Waals surface area contributed by atoms with Gasteiger partial charge in [0.25, 0.3) is 15.9 Å². The van der Waals surface area contributed by atoms with Crippen molar-refractivity contribution < 1.29 is 13.2 Å². The zero-order valence-electron chi connectivity index (χ0n) is 16.2. The highest BCUT2D eigenvalue weighted by molar-refractivity contribution is 7.92. The van der Waals surface area contributed by atoms with E-state index in [0.29, 0.717) is 11.5 Å². The number of nitrogens with zero attached hydrogens (tertiary/aromatic N) is 3. The molecular formula is C20H22N6O3S. The number of piperidine rings is 1. The maximum Gasteiger partial charge on any atom is 0.261 e. The molecule has 0 radical (unpaired) electrons. The van der Waals surface area contributed by atoms with Crippen LogP contribution in [0.4, 0.5) is 17.6 Å². The van der Waals surface area contributed by atoms with E-state index in [2.05, 4.69) is 30.1 Å². The number of hydrogen-bond donors (Lipinski definition) is 3. The van der Waals surface area contributed by atoms with Crippen molar-refractivity contribution in [2.45, 2.75) is 24.2 Å². The first-order valence-electron chi connectivity index (χ1n) is 9.68. The first-order valence-corrected chi connectivity index (χ1v) is 11.2. The molecule has 0 aliphatic carbocycles. The summed E-state index contributed by atoms with van der Waals surface area (Å²) in [5, 5.41) is 9.57. The van der Waals surface area contributed by atoms with Crippen molar-refractivity contribution in [1.82, 2.24) is 15.2 Å². The number of carbonyl (C=O) groups is 1. The molecule has 3 aromatic rings. The Morgan fingerprint density at radius 3 is 2.53 bits per heavy atom. The number of aromatic nitrogens is 3. The molecule has 0 unspecified atom stereocenters. The number of aromatic amines is 1. The van der Waals surface area contributed by atoms with E-state index in [-0.39, 0.29) is 16.5 Å². The molecule has 156 valence electrons. The fraction of sp³-hybridized carbons (Fsp3) is 0.250. The molecule has 30 heavy (non-hydrogen) atoms. The highest BCUT2D eigenvalue weighted by Crippen LogP contribution is 2.19. The Labute approximate surface area is 174 Å². The molecule has 2 heterocycles. The molecule has 9 nitrogen and oxygen atoms in total. The zero-order chi connectivity index (χ0) is 21.0. The van der Waals surface area contributed by atoms with Crippen LogP contribution < -0.4 is 14.9 Å². The van der Waals surface area contributed by atoms with Gasteiger partial charge in [-0.2, -0.15) is 4.98 Å². The van der Waals surface area contributed by atoms with Gasteiger partial charge in [-0.25, -0.2) is 13.5 Å². The number of benzene rings is 2. The van der Waals surface area contributed by atoms with Crippen molar-refractivity contribution in [3.8, 4) is 0 Å². The highest BCUT2D eigenvalue weighted by Gasteiger charge is 2.18. The lowest BCUT2D eigenvalue weighted by atomic mass is 10.1. The second kappa shape index (κ2) is 8.54. The van der Waals surface area contributed by atoms with Crippen LogP contribution in [0.25, 0.3) is 0 Å². The molecule has 10 heteroatoms. The van der Waals surface area contributed by atoms with Gasteiger partial charge in [0.15, 0.2) is 0 Å². The molecule has 4 rings (SSSR count). The van der Waals surface area contributed by atoms with Crippen molar-refractivity contribution in [2.24, 2.45) is 0 Å². The van der Waals surface area contributed by atoms with Gasteiger partial charge in [-0.15, -0.1) is 5.10 Å². The second-order valence-electron chi connectivity index (χ2n) is 6.99. The predicted octanol–water partition coefficient (Wildman–Crippen LogP) is 2.85. The van der Waals surface area contributed by atoms with Gasteiger partial charge in [-0.3, -0.25) is 14.8 Å². The van der Waals surface area contributed by atoms with Crippen LogP contribution in [0, 0.1) is 0 Å². The average Bonchev–Trinajstić information content (AvgIpc) is 3.23. The molecule has 1 fully saturated rings. The summed E-state index contributed by atoms with van der Waals surface area (Å²) in [5.74, 6) is 0.391. The van der Waals surface area contributed by atoms with Crippen LogP contribution in [-0.2, 0) is 10.0 Å². The molecule has 0 bridgehead atoms. The molecule has 1 aromatic heterocycles. The molecule has 1 saturated heterocycles. The fourth-order valence-electron chi connectivity index (χ4n) is 3.26. The molecular weight excluding hydrogens is 404 g/mol. The van der Waals surface area contributed by atoms with Gasteiger partial charge in [0.1, 0.15) is 0 Å². The van der Waals surface area contributed by atoms with Gasteiger partial charge in [-0.05, 0) is 49.6 Å². The van der Waals surface area contributed by atoms with Gasteiger partial charge in [0.05, 0.1) is 4.90 Å². The van der Waals surface area contributed by atoms with Crippen LogP contribution >= 0.6 is 0 Å². The third kappa shape index (κ3) is 4.60. The summed E-state index contributed by atoms with van der Waals surface area (Å²) < 4.78 is 27.5. The third-order valence-electron chi connectivity index (χ3n) is 4.77. The van der Waals surface area contributed by atoms with Crippen molar-refractivity contribution in [3.63, 3.8) is 0 Å². The average molecular weight is 427 g/mol. The van der Waals surface area contributed by atoms with E-state index in [0.717, 1.165) is 25.9 Å². The molecule has 1 amide bonds. The van der Waals surface area contributed by atoms with Crippen LogP contribution in [0.3, 0.4) is 0 Å². The number of rotatable bonds is 6. The summed E-state index contributed by atoms with van der Waals surface area (Å²) in [5.41, 5.74) is 0.581. The quantitative estimate of drug-likeness (QED) is 0.557. The summed E-state index contributed by atoms with van der Waals surface area (Å²) in [4.78, 5) is 19.2. The second-order valence-corrected chi connectivity index (χ2v) is 8.67. The van der Waals surface area contributed by atoms with Gasteiger partial charge in [0.2, 0.25) is 11.9 Å². The Hall–Kier alpha value is -3.40. The lowest BCUT2D eigenvalue weighted by molar-refractivity contribution is 0.102. The van der Waals surface area contributed by atoms with Crippen molar-refractivity contribution in [2.75, 3.05) is 28.0 Å². The van der Waals surface area contributed by atoms with E-state index in [1.54, 1.807) is 36.4 Å². The third-order valence-corrected chi connectivity index (χ3v) is 6.17. The Morgan fingerprint density at radius 2 is 1.77 bits per heavy atom. The number of hydrogen-bond acceptors (Lipinski definition) is 6. The first kappa shape index (κ1) is 19.9. The summed E-state index contributed by atoms with van der Waals surface area (Å²) in [7, 11) is -3.74. The minimum Gasteiger partial charge on any atom is -0.340 e. The summed E-state index contributed by atoms with van der Waals surface area (Å²) in [6.07, 6.45) is 3.40. The molecule has 0 spiro atoms. The van der Waals surface area contributed by atoms with Crippen LogP contribution in [0.5, 0.6) is 0 Å². The number of H-pyrrole nitrogens is 1. The van der Waals surface area contributed by atoms with Crippen LogP contribution in [0.2, 0.25) is 0 Å². The largest absolute Gasteiger partial charge is 0.340 e. The van der Waals surface area contributed by atoms with E-state index >= 15 is 0 Å². The Balaban J connectivity index is 1.45. The number of sulfonamides is 1.